The Hall–Kier alpha value is -2.75. The van der Waals surface area contributed by atoms with E-state index in [1.165, 1.54) is 12.1 Å². The van der Waals surface area contributed by atoms with Crippen LogP contribution >= 0.6 is 0 Å². The number of nitrogens with zero attached hydrogens (tertiary/aromatic N) is 1. The molecule has 2 heterocycles. The van der Waals surface area contributed by atoms with E-state index in [-0.39, 0.29) is 12.7 Å². The fourth-order valence-corrected chi connectivity index (χ4v) is 4.85. The summed E-state index contributed by atoms with van der Waals surface area (Å²) in [4.78, 5) is 2.20. The molecule has 0 saturated carbocycles. The van der Waals surface area contributed by atoms with Gasteiger partial charge in [0.1, 0.15) is 24.3 Å². The zero-order valence-electron chi connectivity index (χ0n) is 20.6. The zero-order chi connectivity index (χ0) is 25.1. The van der Waals surface area contributed by atoms with Crippen molar-refractivity contribution in [3.63, 3.8) is 0 Å². The summed E-state index contributed by atoms with van der Waals surface area (Å²) in [6, 6.07) is 23.2. The van der Waals surface area contributed by atoms with Gasteiger partial charge in [-0.3, -0.25) is 4.90 Å². The van der Waals surface area contributed by atoms with Crippen LogP contribution in [0.5, 0.6) is 5.75 Å². The van der Waals surface area contributed by atoms with Gasteiger partial charge in [0.15, 0.2) is 5.79 Å². The quantitative estimate of drug-likeness (QED) is 0.460. The van der Waals surface area contributed by atoms with Crippen LogP contribution in [0.1, 0.15) is 36.6 Å². The molecule has 5 rings (SSSR count). The molecular weight excluding hydrogens is 460 g/mol. The molecule has 2 atom stereocenters. The van der Waals surface area contributed by atoms with Gasteiger partial charge in [0.2, 0.25) is 0 Å². The predicted molar refractivity (Wildman–Crippen MR) is 135 cm³/mol. The van der Waals surface area contributed by atoms with Crippen LogP contribution in [-0.2, 0) is 27.2 Å². The van der Waals surface area contributed by atoms with Crippen molar-refractivity contribution in [3.05, 3.63) is 95.3 Å². The molecule has 0 amide bonds. The molecule has 2 unspecified atom stereocenters. The fourth-order valence-electron chi connectivity index (χ4n) is 4.85. The normalized spacial score (nSPS) is 20.6. The van der Waals surface area contributed by atoms with Gasteiger partial charge in [-0.1, -0.05) is 60.7 Å². The highest BCUT2D eigenvalue weighted by atomic mass is 19.1. The highest BCUT2D eigenvalue weighted by molar-refractivity contribution is 6.62. The monoisotopic (exact) mass is 491 g/mol. The molecule has 6 nitrogen and oxygen atoms in total. The molecule has 8 heteroatoms. The molecule has 1 N–H and O–H groups in total. The Morgan fingerprint density at radius 1 is 1.00 bits per heavy atom. The number of rotatable bonds is 9. The van der Waals surface area contributed by atoms with E-state index >= 15 is 4.39 Å². The molecule has 0 aromatic heterocycles. The lowest BCUT2D eigenvalue weighted by Gasteiger charge is -2.26. The molecular formula is C28H31BFNO5. The van der Waals surface area contributed by atoms with Gasteiger partial charge in [-0.25, -0.2) is 4.39 Å². The van der Waals surface area contributed by atoms with Crippen molar-refractivity contribution in [1.82, 2.24) is 4.90 Å². The molecule has 0 spiro atoms. The highest BCUT2D eigenvalue weighted by Gasteiger charge is 2.41. The third kappa shape index (κ3) is 5.80. The number of halogens is 1. The van der Waals surface area contributed by atoms with E-state index in [1.807, 2.05) is 50.2 Å². The second-order valence-corrected chi connectivity index (χ2v) is 9.75. The van der Waals surface area contributed by atoms with E-state index < -0.39 is 24.8 Å². The Labute approximate surface area is 211 Å². The van der Waals surface area contributed by atoms with E-state index in [0.29, 0.717) is 43.0 Å². The largest absolute Gasteiger partial charge is 0.495 e. The molecule has 36 heavy (non-hydrogen) atoms. The van der Waals surface area contributed by atoms with Gasteiger partial charge in [-0.05, 0) is 37.1 Å². The van der Waals surface area contributed by atoms with Crippen LogP contribution in [0.3, 0.4) is 0 Å². The summed E-state index contributed by atoms with van der Waals surface area (Å²) < 4.78 is 38.4. The second kappa shape index (κ2) is 10.7. The van der Waals surface area contributed by atoms with Crippen LogP contribution in [0.2, 0.25) is 0 Å². The van der Waals surface area contributed by atoms with Gasteiger partial charge in [-0.15, -0.1) is 0 Å². The molecule has 1 fully saturated rings. The maximum Gasteiger partial charge on any atom is 0.495 e. The minimum Gasteiger partial charge on any atom is -0.491 e. The topological polar surface area (TPSA) is 60.4 Å². The molecule has 3 aromatic carbocycles. The van der Waals surface area contributed by atoms with E-state index in [4.69, 9.17) is 18.9 Å². The third-order valence-corrected chi connectivity index (χ3v) is 6.47. The molecule has 0 bridgehead atoms. The van der Waals surface area contributed by atoms with Gasteiger partial charge in [0, 0.05) is 30.7 Å². The lowest BCUT2D eigenvalue weighted by atomic mass is 9.78. The van der Waals surface area contributed by atoms with Crippen LogP contribution in [0.25, 0.3) is 0 Å². The van der Waals surface area contributed by atoms with Gasteiger partial charge in [0.25, 0.3) is 0 Å². The van der Waals surface area contributed by atoms with Gasteiger partial charge >= 0.3 is 7.12 Å². The maximum absolute atomic E-state index is 15.1. The Kier molecular flexibility index (Phi) is 7.41. The van der Waals surface area contributed by atoms with Gasteiger partial charge in [0.05, 0.1) is 12.7 Å². The summed E-state index contributed by atoms with van der Waals surface area (Å²) in [5, 5.41) is 10.8. The van der Waals surface area contributed by atoms with Crippen LogP contribution in [0.15, 0.2) is 72.8 Å². The zero-order valence-corrected chi connectivity index (χ0v) is 20.6. The van der Waals surface area contributed by atoms with Crippen molar-refractivity contribution in [2.75, 3.05) is 19.8 Å². The average molecular weight is 491 g/mol. The lowest BCUT2D eigenvalue weighted by molar-refractivity contribution is -0.141. The number of fused-ring (bicyclic) bond motifs is 1. The van der Waals surface area contributed by atoms with Crippen LogP contribution < -0.4 is 10.2 Å². The number of ether oxygens (including phenoxy) is 3. The molecule has 2 aliphatic rings. The molecule has 2 aliphatic heterocycles. The fraction of sp³-hybridized carbons (Fsp3) is 0.357. The standard InChI is InChI=1S/C28H31BFNO5/c1-28(2)34-19-22(35-28)18-33-24-14-13-23(30)26-25(36-29(32)27(24)26)17-31(15-20-9-5-3-6-10-20)16-21-11-7-4-8-12-21/h3-14,22,25,32H,15-19H2,1-2H3. The second-order valence-electron chi connectivity index (χ2n) is 9.75. The summed E-state index contributed by atoms with van der Waals surface area (Å²) in [6.07, 6.45) is -0.890. The van der Waals surface area contributed by atoms with E-state index in [2.05, 4.69) is 29.2 Å². The Balaban J connectivity index is 1.35. The van der Waals surface area contributed by atoms with Gasteiger partial charge in [-0.2, -0.15) is 0 Å². The molecule has 0 radical (unpaired) electrons. The summed E-state index contributed by atoms with van der Waals surface area (Å²) >= 11 is 0. The molecule has 3 aromatic rings. The lowest BCUT2D eigenvalue weighted by Crippen LogP contribution is -2.32. The Morgan fingerprint density at radius 3 is 2.22 bits per heavy atom. The van der Waals surface area contributed by atoms with E-state index in [9.17, 15) is 5.02 Å². The molecule has 0 aliphatic carbocycles. The summed E-state index contributed by atoms with van der Waals surface area (Å²) in [6.45, 7) is 6.06. The SMILES string of the molecule is CC1(C)OCC(COc2ccc(F)c3c2B(O)OC3CN(Cc2ccccc2)Cc2ccccc2)O1. The van der Waals surface area contributed by atoms with E-state index in [0.717, 1.165) is 11.1 Å². The molecule has 1 saturated heterocycles. The minimum atomic E-state index is -1.27. The Bertz CT molecular complexity index is 1120. The van der Waals surface area contributed by atoms with Crippen molar-refractivity contribution < 1.29 is 28.3 Å². The first-order valence-corrected chi connectivity index (χ1v) is 12.3. The summed E-state index contributed by atoms with van der Waals surface area (Å²) in [5.74, 6) is -0.680. The minimum absolute atomic E-state index is 0.229. The van der Waals surface area contributed by atoms with Crippen molar-refractivity contribution in [3.8, 4) is 5.75 Å². The predicted octanol–water partition coefficient (Wildman–Crippen LogP) is 3.82. The van der Waals surface area contributed by atoms with Crippen molar-refractivity contribution in [2.24, 2.45) is 0 Å². The summed E-state index contributed by atoms with van der Waals surface area (Å²) in [5.41, 5.74) is 2.98. The highest BCUT2D eigenvalue weighted by Crippen LogP contribution is 2.32. The number of hydrogen-bond donors (Lipinski definition) is 1. The van der Waals surface area contributed by atoms with E-state index in [1.54, 1.807) is 0 Å². The van der Waals surface area contributed by atoms with Crippen molar-refractivity contribution >= 4 is 12.6 Å². The first kappa shape index (κ1) is 24.9. The first-order valence-electron chi connectivity index (χ1n) is 12.3. The number of hydrogen-bond acceptors (Lipinski definition) is 6. The van der Waals surface area contributed by atoms with Crippen LogP contribution in [0, 0.1) is 5.82 Å². The first-order chi connectivity index (χ1) is 17.4. The van der Waals surface area contributed by atoms with Crippen molar-refractivity contribution in [2.45, 2.75) is 44.9 Å². The number of benzene rings is 3. The average Bonchev–Trinajstić information content (AvgIpc) is 3.39. The molecule has 188 valence electrons. The third-order valence-electron chi connectivity index (χ3n) is 6.47. The van der Waals surface area contributed by atoms with Crippen molar-refractivity contribution in [1.29, 1.82) is 0 Å². The van der Waals surface area contributed by atoms with Gasteiger partial charge < -0.3 is 23.9 Å². The Morgan fingerprint density at radius 2 is 1.64 bits per heavy atom. The maximum atomic E-state index is 15.1. The van der Waals surface area contributed by atoms with Crippen LogP contribution in [0.4, 0.5) is 4.39 Å². The smallest absolute Gasteiger partial charge is 0.491 e. The van der Waals surface area contributed by atoms with Crippen LogP contribution in [-0.4, -0.2) is 48.7 Å². The summed E-state index contributed by atoms with van der Waals surface area (Å²) in [7, 11) is -1.27.